The second kappa shape index (κ2) is 7.19. The van der Waals surface area contributed by atoms with Crippen molar-refractivity contribution in [2.75, 3.05) is 25.8 Å². The second-order valence-corrected chi connectivity index (χ2v) is 6.44. The number of hydrogen-bond acceptors (Lipinski definition) is 5. The Hall–Kier alpha value is -3.22. The minimum atomic E-state index is -0.495. The van der Waals surface area contributed by atoms with Gasteiger partial charge in [0, 0.05) is 17.8 Å². The normalized spacial score (nSPS) is 17.7. The minimum absolute atomic E-state index is 0.156. The Kier molecular flexibility index (Phi) is 4.58. The van der Waals surface area contributed by atoms with Gasteiger partial charge < -0.3 is 24.4 Å². The number of carbonyl (C=O) groups excluding carboxylic acids is 2. The van der Waals surface area contributed by atoms with Crippen LogP contribution in [0, 0.1) is 0 Å². The van der Waals surface area contributed by atoms with Gasteiger partial charge in [-0.15, -0.1) is 0 Å². The summed E-state index contributed by atoms with van der Waals surface area (Å²) in [6.07, 6.45) is 1.43. The van der Waals surface area contributed by atoms with Gasteiger partial charge in [-0.3, -0.25) is 9.59 Å². The first-order valence-electron chi connectivity index (χ1n) is 8.81. The smallest absolute Gasteiger partial charge is 0.254 e. The summed E-state index contributed by atoms with van der Waals surface area (Å²) in [6.45, 7) is 0.706. The molecule has 2 amide bonds. The summed E-state index contributed by atoms with van der Waals surface area (Å²) in [7, 11) is 1.59. The molecular formula is C20H20N2O5. The van der Waals surface area contributed by atoms with Crippen molar-refractivity contribution < 1.29 is 23.8 Å². The van der Waals surface area contributed by atoms with Gasteiger partial charge in [-0.25, -0.2) is 0 Å². The number of ether oxygens (including phenoxy) is 3. The molecule has 0 unspecified atom stereocenters. The molecule has 0 bridgehead atoms. The van der Waals surface area contributed by atoms with Gasteiger partial charge in [-0.2, -0.15) is 0 Å². The molecule has 140 valence electrons. The van der Waals surface area contributed by atoms with Crippen molar-refractivity contribution in [1.82, 2.24) is 4.90 Å². The van der Waals surface area contributed by atoms with Crippen LogP contribution in [-0.2, 0) is 4.79 Å². The van der Waals surface area contributed by atoms with Gasteiger partial charge in [0.1, 0.15) is 11.8 Å². The lowest BCUT2D eigenvalue weighted by Gasteiger charge is -2.24. The van der Waals surface area contributed by atoms with E-state index in [1.54, 1.807) is 54.5 Å². The van der Waals surface area contributed by atoms with Crippen molar-refractivity contribution in [2.45, 2.75) is 18.9 Å². The number of methoxy groups -OCH3 is 1. The predicted molar refractivity (Wildman–Crippen MR) is 98.2 cm³/mol. The molecule has 27 heavy (non-hydrogen) atoms. The Morgan fingerprint density at radius 1 is 1.11 bits per heavy atom. The van der Waals surface area contributed by atoms with Crippen molar-refractivity contribution >= 4 is 17.5 Å². The van der Waals surface area contributed by atoms with E-state index in [9.17, 15) is 9.59 Å². The molecule has 2 aromatic carbocycles. The number of rotatable bonds is 4. The topological polar surface area (TPSA) is 77.1 Å². The third kappa shape index (κ3) is 3.40. The van der Waals surface area contributed by atoms with Crippen LogP contribution in [-0.4, -0.2) is 43.2 Å². The monoisotopic (exact) mass is 368 g/mol. The van der Waals surface area contributed by atoms with Crippen molar-refractivity contribution in [1.29, 1.82) is 0 Å². The molecule has 0 radical (unpaired) electrons. The molecule has 0 saturated carbocycles. The highest BCUT2D eigenvalue weighted by Crippen LogP contribution is 2.33. The highest BCUT2D eigenvalue weighted by atomic mass is 16.7. The fourth-order valence-electron chi connectivity index (χ4n) is 3.38. The standard InChI is InChI=1S/C20H20N2O5/c1-25-15-7-5-14(6-8-15)21-19(23)16-3-2-10-22(16)20(24)13-4-9-17-18(11-13)27-12-26-17/h4-9,11,16H,2-3,10,12H2,1H3,(H,21,23)/t16-/m1/s1. The first-order valence-corrected chi connectivity index (χ1v) is 8.81. The van der Waals surface area contributed by atoms with Gasteiger partial charge in [0.15, 0.2) is 11.5 Å². The second-order valence-electron chi connectivity index (χ2n) is 6.44. The first kappa shape index (κ1) is 17.2. The molecule has 0 aromatic heterocycles. The molecule has 7 heteroatoms. The molecule has 2 aliphatic heterocycles. The molecule has 0 aliphatic carbocycles. The quantitative estimate of drug-likeness (QED) is 0.898. The number of anilines is 1. The average molecular weight is 368 g/mol. The van der Waals surface area contributed by atoms with Crippen LogP contribution in [0.25, 0.3) is 0 Å². The lowest BCUT2D eigenvalue weighted by atomic mass is 10.1. The zero-order valence-electron chi connectivity index (χ0n) is 14.9. The van der Waals surface area contributed by atoms with Crippen LogP contribution < -0.4 is 19.5 Å². The molecule has 7 nitrogen and oxygen atoms in total. The largest absolute Gasteiger partial charge is 0.497 e. The van der Waals surface area contributed by atoms with Crippen LogP contribution in [0.2, 0.25) is 0 Å². The molecule has 2 heterocycles. The Balaban J connectivity index is 1.47. The van der Waals surface area contributed by atoms with E-state index < -0.39 is 6.04 Å². The molecule has 1 saturated heterocycles. The average Bonchev–Trinajstić information content (AvgIpc) is 3.36. The molecule has 0 spiro atoms. The predicted octanol–water partition coefficient (Wildman–Crippen LogP) is 2.67. The van der Waals surface area contributed by atoms with E-state index in [0.717, 1.165) is 6.42 Å². The van der Waals surface area contributed by atoms with Gasteiger partial charge in [0.05, 0.1) is 7.11 Å². The van der Waals surface area contributed by atoms with E-state index in [4.69, 9.17) is 14.2 Å². The Morgan fingerprint density at radius 2 is 1.89 bits per heavy atom. The lowest BCUT2D eigenvalue weighted by Crippen LogP contribution is -2.43. The van der Waals surface area contributed by atoms with Gasteiger partial charge in [-0.05, 0) is 55.3 Å². The van der Waals surface area contributed by atoms with Crippen molar-refractivity contribution in [3.05, 3.63) is 48.0 Å². The van der Waals surface area contributed by atoms with Crippen LogP contribution in [0.15, 0.2) is 42.5 Å². The highest BCUT2D eigenvalue weighted by Gasteiger charge is 2.35. The number of fused-ring (bicyclic) bond motifs is 1. The molecule has 2 aliphatic rings. The van der Waals surface area contributed by atoms with Crippen molar-refractivity contribution in [2.24, 2.45) is 0 Å². The van der Waals surface area contributed by atoms with Gasteiger partial charge in [0.2, 0.25) is 12.7 Å². The number of benzene rings is 2. The van der Waals surface area contributed by atoms with Crippen LogP contribution in [0.1, 0.15) is 23.2 Å². The molecule has 4 rings (SSSR count). The number of carbonyl (C=O) groups is 2. The van der Waals surface area contributed by atoms with Gasteiger partial charge >= 0.3 is 0 Å². The Bertz CT molecular complexity index is 865. The fourth-order valence-corrected chi connectivity index (χ4v) is 3.38. The van der Waals surface area contributed by atoms with E-state index >= 15 is 0 Å². The maximum absolute atomic E-state index is 12.9. The number of hydrogen-bond donors (Lipinski definition) is 1. The minimum Gasteiger partial charge on any atom is -0.497 e. The third-order valence-electron chi connectivity index (χ3n) is 4.79. The van der Waals surface area contributed by atoms with E-state index in [1.807, 2.05) is 0 Å². The van der Waals surface area contributed by atoms with Crippen LogP contribution >= 0.6 is 0 Å². The number of nitrogens with one attached hydrogen (secondary N) is 1. The fraction of sp³-hybridized carbons (Fsp3) is 0.300. The van der Waals surface area contributed by atoms with Crippen molar-refractivity contribution in [3.8, 4) is 17.2 Å². The summed E-state index contributed by atoms with van der Waals surface area (Å²) in [5.74, 6) is 1.53. The van der Waals surface area contributed by atoms with E-state index in [1.165, 1.54) is 0 Å². The Labute approximate surface area is 156 Å². The molecule has 2 aromatic rings. The third-order valence-corrected chi connectivity index (χ3v) is 4.79. The molecule has 1 atom stereocenters. The summed E-state index contributed by atoms with van der Waals surface area (Å²) in [5, 5.41) is 2.88. The summed E-state index contributed by atoms with van der Waals surface area (Å²) in [5.41, 5.74) is 1.16. The summed E-state index contributed by atoms with van der Waals surface area (Å²) in [4.78, 5) is 27.3. The number of nitrogens with zero attached hydrogens (tertiary/aromatic N) is 1. The Morgan fingerprint density at radius 3 is 2.67 bits per heavy atom. The van der Waals surface area contributed by atoms with Crippen LogP contribution in [0.5, 0.6) is 17.2 Å². The highest BCUT2D eigenvalue weighted by molar-refractivity contribution is 6.01. The first-order chi connectivity index (χ1) is 13.2. The maximum Gasteiger partial charge on any atom is 0.254 e. The zero-order chi connectivity index (χ0) is 18.8. The van der Waals surface area contributed by atoms with Crippen LogP contribution in [0.4, 0.5) is 5.69 Å². The SMILES string of the molecule is COc1ccc(NC(=O)[C@H]2CCCN2C(=O)c2ccc3c(c2)OCO3)cc1. The zero-order valence-corrected chi connectivity index (χ0v) is 14.9. The van der Waals surface area contributed by atoms with E-state index in [-0.39, 0.29) is 18.6 Å². The molecule has 1 fully saturated rings. The van der Waals surface area contributed by atoms with Crippen molar-refractivity contribution in [3.63, 3.8) is 0 Å². The van der Waals surface area contributed by atoms with Gasteiger partial charge in [-0.1, -0.05) is 0 Å². The number of amides is 2. The van der Waals surface area contributed by atoms with Crippen LogP contribution in [0.3, 0.4) is 0 Å². The molecular weight excluding hydrogens is 348 g/mol. The summed E-state index contributed by atoms with van der Waals surface area (Å²) >= 11 is 0. The molecule has 1 N–H and O–H groups in total. The van der Waals surface area contributed by atoms with Gasteiger partial charge in [0.25, 0.3) is 5.91 Å². The lowest BCUT2D eigenvalue weighted by molar-refractivity contribution is -0.119. The van der Waals surface area contributed by atoms with E-state index in [0.29, 0.717) is 41.5 Å². The number of likely N-dealkylation sites (tertiary alicyclic amines) is 1. The maximum atomic E-state index is 12.9. The summed E-state index contributed by atoms with van der Waals surface area (Å²) < 4.78 is 15.7. The van der Waals surface area contributed by atoms with E-state index in [2.05, 4.69) is 5.32 Å². The summed E-state index contributed by atoms with van der Waals surface area (Å²) in [6, 6.07) is 11.7.